The van der Waals surface area contributed by atoms with Crippen molar-refractivity contribution in [1.82, 2.24) is 0 Å². The molecule has 4 aliphatic rings. The van der Waals surface area contributed by atoms with Crippen molar-refractivity contribution in [2.24, 2.45) is 33.5 Å². The van der Waals surface area contributed by atoms with Gasteiger partial charge in [0.1, 0.15) is 11.6 Å². The van der Waals surface area contributed by atoms with E-state index in [2.05, 4.69) is 13.8 Å². The molecular weight excluding hydrogens is 448 g/mol. The number of hydrogen-bond donors (Lipinski definition) is 1. The minimum Gasteiger partial charge on any atom is -0.299 e. The molecule has 182 valence electrons. The summed E-state index contributed by atoms with van der Waals surface area (Å²) in [7, 11) is -4.53. The zero-order valence-electron chi connectivity index (χ0n) is 20.4. The van der Waals surface area contributed by atoms with Crippen LogP contribution in [0, 0.1) is 33.5 Å². The Labute approximate surface area is 202 Å². The third kappa shape index (κ3) is 3.03. The van der Waals surface area contributed by atoms with E-state index < -0.39 is 20.9 Å². The predicted octanol–water partition coefficient (Wildman–Crippen LogP) is 5.72. The Kier molecular flexibility index (Phi) is 5.04. The van der Waals surface area contributed by atoms with Crippen molar-refractivity contribution >= 4 is 32.7 Å². The van der Waals surface area contributed by atoms with Crippen molar-refractivity contribution in [2.75, 3.05) is 0 Å². The zero-order valence-corrected chi connectivity index (χ0v) is 21.2. The van der Waals surface area contributed by atoms with Crippen LogP contribution in [0.1, 0.15) is 77.3 Å². The van der Waals surface area contributed by atoms with E-state index in [1.54, 1.807) is 24.3 Å². The van der Waals surface area contributed by atoms with E-state index in [0.29, 0.717) is 36.5 Å². The highest BCUT2D eigenvalue weighted by Gasteiger charge is 2.64. The molecule has 4 fully saturated rings. The molecule has 1 aromatic carbocycles. The van der Waals surface area contributed by atoms with Gasteiger partial charge in [-0.25, -0.2) is 0 Å². The van der Waals surface area contributed by atoms with Crippen LogP contribution in [-0.2, 0) is 19.7 Å². The molecule has 5 nitrogen and oxygen atoms in total. The minimum absolute atomic E-state index is 0.0551. The average molecular weight is 483 g/mol. The second-order valence-electron chi connectivity index (χ2n) is 12.1. The first-order valence-electron chi connectivity index (χ1n) is 12.3. The molecule has 1 N–H and O–H groups in total. The van der Waals surface area contributed by atoms with Crippen LogP contribution >= 0.6 is 0 Å². The van der Waals surface area contributed by atoms with E-state index in [4.69, 9.17) is 0 Å². The van der Waals surface area contributed by atoms with Gasteiger partial charge in [-0.2, -0.15) is 8.42 Å². The first-order chi connectivity index (χ1) is 15.7. The fraction of sp³-hybridized carbons (Fsp3) is 0.571. The fourth-order valence-electron chi connectivity index (χ4n) is 7.68. The predicted molar refractivity (Wildman–Crippen MR) is 132 cm³/mol. The van der Waals surface area contributed by atoms with Crippen LogP contribution in [0.5, 0.6) is 0 Å². The van der Waals surface area contributed by atoms with Gasteiger partial charge in [0.2, 0.25) is 0 Å². The van der Waals surface area contributed by atoms with Gasteiger partial charge in [0, 0.05) is 12.8 Å². The maximum atomic E-state index is 12.9. The van der Waals surface area contributed by atoms with Gasteiger partial charge in [0.25, 0.3) is 10.1 Å². The van der Waals surface area contributed by atoms with Crippen molar-refractivity contribution < 1.29 is 22.6 Å². The molecule has 4 unspecified atom stereocenters. The van der Waals surface area contributed by atoms with E-state index >= 15 is 0 Å². The van der Waals surface area contributed by atoms with Crippen LogP contribution in [0.25, 0.3) is 11.0 Å². The summed E-state index contributed by atoms with van der Waals surface area (Å²) >= 11 is 0. The van der Waals surface area contributed by atoms with Gasteiger partial charge in [-0.05, 0) is 65.6 Å². The monoisotopic (exact) mass is 482 g/mol. The first kappa shape index (κ1) is 23.7. The lowest BCUT2D eigenvalue weighted by atomic mass is 9.68. The van der Waals surface area contributed by atoms with Gasteiger partial charge in [-0.15, -0.1) is 0 Å². The molecule has 0 amide bonds. The van der Waals surface area contributed by atoms with E-state index in [0.717, 1.165) is 24.8 Å². The van der Waals surface area contributed by atoms with Gasteiger partial charge >= 0.3 is 0 Å². The molecule has 0 saturated heterocycles. The van der Waals surface area contributed by atoms with Gasteiger partial charge in [0.15, 0.2) is 0 Å². The summed E-state index contributed by atoms with van der Waals surface area (Å²) in [5.74, 6) is 1.05. The van der Waals surface area contributed by atoms with Gasteiger partial charge in [-0.3, -0.25) is 14.1 Å². The van der Waals surface area contributed by atoms with Crippen LogP contribution in [0.2, 0.25) is 0 Å². The van der Waals surface area contributed by atoms with Crippen LogP contribution < -0.4 is 0 Å². The topological polar surface area (TPSA) is 88.5 Å². The molecule has 0 radical (unpaired) electrons. The van der Waals surface area contributed by atoms with Crippen LogP contribution in [0.15, 0.2) is 36.4 Å². The summed E-state index contributed by atoms with van der Waals surface area (Å²) in [5, 5.41) is 0. The number of carbonyl (C=O) groups excluding carboxylic acids is 2. The summed E-state index contributed by atoms with van der Waals surface area (Å²) in [6.07, 6.45) is 10.1. The molecule has 34 heavy (non-hydrogen) atoms. The molecule has 5 rings (SSSR count). The number of hydrogen-bond acceptors (Lipinski definition) is 4. The molecule has 0 aromatic heterocycles. The Bertz CT molecular complexity index is 1230. The second-order valence-corrected chi connectivity index (χ2v) is 13.4. The van der Waals surface area contributed by atoms with Gasteiger partial charge < -0.3 is 0 Å². The standard InChI is InChI=1S/C28H34O5S/c1-25(2)20-10-13-27(25,23(29)15-20)12-9-18-5-7-19(8-6-18)22(34(31,32)33)17-28-14-11-21(16-24(28)30)26(28,3)4/h5-9,12,17,20-21H,10-11,13-16H2,1-4H3,(H,31,32,33)/b12-9+,22-17-. The van der Waals surface area contributed by atoms with Crippen molar-refractivity contribution in [3.8, 4) is 0 Å². The number of fused-ring (bicyclic) bond motifs is 4. The smallest absolute Gasteiger partial charge is 0.294 e. The SMILES string of the molecule is CC1(C)C2CCC1(/C=C(/c1ccc(/C=C/C34CCC(CC3=O)C4(C)C)cc1)S(=O)(=O)O)C(=O)C2. The van der Waals surface area contributed by atoms with Gasteiger partial charge in [-0.1, -0.05) is 64.1 Å². The number of ketones is 2. The Morgan fingerprint density at radius 2 is 1.38 bits per heavy atom. The summed E-state index contributed by atoms with van der Waals surface area (Å²) in [4.78, 5) is 25.5. The molecule has 0 heterocycles. The third-order valence-corrected chi connectivity index (χ3v) is 11.3. The Morgan fingerprint density at radius 3 is 1.79 bits per heavy atom. The molecule has 0 spiro atoms. The zero-order chi connectivity index (χ0) is 24.7. The summed E-state index contributed by atoms with van der Waals surface area (Å²) in [6, 6.07) is 6.95. The van der Waals surface area contributed by atoms with Crippen molar-refractivity contribution in [2.45, 2.75) is 66.2 Å². The highest BCUT2D eigenvalue weighted by Crippen LogP contribution is 2.66. The molecule has 1 aromatic rings. The van der Waals surface area contributed by atoms with E-state index in [1.807, 2.05) is 26.0 Å². The molecular formula is C28H34O5S. The number of allylic oxidation sites excluding steroid dienone is 2. The third-order valence-electron chi connectivity index (χ3n) is 10.4. The van der Waals surface area contributed by atoms with Crippen molar-refractivity contribution in [1.29, 1.82) is 0 Å². The summed E-state index contributed by atoms with van der Waals surface area (Å²) in [5.41, 5.74) is -0.467. The molecule has 4 saturated carbocycles. The van der Waals surface area contributed by atoms with Crippen LogP contribution in [0.3, 0.4) is 0 Å². The van der Waals surface area contributed by atoms with E-state index in [1.165, 1.54) is 6.08 Å². The van der Waals surface area contributed by atoms with E-state index in [9.17, 15) is 22.6 Å². The lowest BCUT2D eigenvalue weighted by Gasteiger charge is -2.34. The largest absolute Gasteiger partial charge is 0.299 e. The van der Waals surface area contributed by atoms with E-state index in [-0.39, 0.29) is 27.4 Å². The minimum atomic E-state index is -4.53. The number of carbonyl (C=O) groups is 2. The lowest BCUT2D eigenvalue weighted by molar-refractivity contribution is -0.127. The van der Waals surface area contributed by atoms with Crippen LogP contribution in [0.4, 0.5) is 0 Å². The Hall–Kier alpha value is -2.05. The van der Waals surface area contributed by atoms with Gasteiger partial charge in [0.05, 0.1) is 15.7 Å². The lowest BCUT2D eigenvalue weighted by Crippen LogP contribution is -2.34. The molecule has 4 atom stereocenters. The molecule has 4 bridgehead atoms. The molecule has 4 aliphatic carbocycles. The summed E-state index contributed by atoms with van der Waals surface area (Å²) in [6.45, 7) is 8.43. The Balaban J connectivity index is 1.48. The average Bonchev–Trinajstić information content (AvgIpc) is 3.29. The van der Waals surface area contributed by atoms with Crippen molar-refractivity contribution in [3.63, 3.8) is 0 Å². The Morgan fingerprint density at radius 1 is 0.882 bits per heavy atom. The number of benzene rings is 1. The van der Waals surface area contributed by atoms with Crippen molar-refractivity contribution in [3.05, 3.63) is 47.5 Å². The maximum absolute atomic E-state index is 12.9. The first-order valence-corrected chi connectivity index (χ1v) is 13.8. The fourth-order valence-corrected chi connectivity index (χ4v) is 8.46. The highest BCUT2D eigenvalue weighted by atomic mass is 32.2. The van der Waals surface area contributed by atoms with Crippen LogP contribution in [-0.4, -0.2) is 24.5 Å². The molecule has 6 heteroatoms. The quantitative estimate of drug-likeness (QED) is 0.542. The molecule has 0 aliphatic heterocycles. The summed E-state index contributed by atoms with van der Waals surface area (Å²) < 4.78 is 34.9. The normalized spacial score (nSPS) is 36.2. The number of rotatable bonds is 5. The maximum Gasteiger partial charge on any atom is 0.294 e. The highest BCUT2D eigenvalue weighted by molar-refractivity contribution is 7.95. The number of Topliss-reactive ketones (excluding diaryl/α,β-unsaturated/α-hetero) is 2. The second kappa shape index (κ2) is 7.23.